The lowest BCUT2D eigenvalue weighted by Gasteiger charge is -2.34. The zero-order valence-electron chi connectivity index (χ0n) is 9.94. The first-order valence-corrected chi connectivity index (χ1v) is 5.98. The van der Waals surface area contributed by atoms with Crippen LogP contribution in [0.25, 0.3) is 0 Å². The number of nitrogens with one attached hydrogen (secondary N) is 1. The fraction of sp³-hybridized carbons (Fsp3) is 0.571. The van der Waals surface area contributed by atoms with E-state index in [9.17, 15) is 0 Å². The second-order valence-electron chi connectivity index (χ2n) is 5.63. The minimum atomic E-state index is 0. The molecule has 1 aliphatic carbocycles. The van der Waals surface area contributed by atoms with Crippen LogP contribution in [0.2, 0.25) is 0 Å². The number of halogens is 1. The fourth-order valence-corrected chi connectivity index (χ4v) is 3.18. The molecule has 2 aliphatic rings. The molecular weight excluding hydrogens is 218 g/mol. The van der Waals surface area contributed by atoms with Crippen LogP contribution < -0.4 is 5.32 Å². The van der Waals surface area contributed by atoms with Crippen LogP contribution in [-0.2, 0) is 5.41 Å². The minimum absolute atomic E-state index is 0. The molecule has 2 heteroatoms. The Hall–Kier alpha value is -0.530. The van der Waals surface area contributed by atoms with Gasteiger partial charge in [0.2, 0.25) is 0 Å². The van der Waals surface area contributed by atoms with Gasteiger partial charge in [-0.2, -0.15) is 0 Å². The van der Waals surface area contributed by atoms with Crippen LogP contribution >= 0.6 is 12.4 Å². The predicted molar refractivity (Wildman–Crippen MR) is 70.1 cm³/mol. The molecule has 0 amide bonds. The molecule has 1 nitrogen and oxygen atoms in total. The highest BCUT2D eigenvalue weighted by Crippen LogP contribution is 2.50. The van der Waals surface area contributed by atoms with Crippen molar-refractivity contribution < 1.29 is 0 Å². The van der Waals surface area contributed by atoms with Gasteiger partial charge in [0.1, 0.15) is 0 Å². The van der Waals surface area contributed by atoms with E-state index in [2.05, 4.69) is 49.5 Å². The molecule has 3 rings (SSSR count). The Morgan fingerprint density at radius 3 is 2.38 bits per heavy atom. The van der Waals surface area contributed by atoms with Gasteiger partial charge in [0, 0.05) is 11.5 Å². The first kappa shape index (κ1) is 11.9. The molecule has 1 saturated carbocycles. The SMILES string of the molecule is CC(C)(c1ccccc1)C1NCC2CC21.Cl. The summed E-state index contributed by atoms with van der Waals surface area (Å²) in [7, 11) is 0. The maximum absolute atomic E-state index is 3.69. The third kappa shape index (κ3) is 1.76. The molecule has 1 aromatic carbocycles. The Balaban J connectivity index is 0.000000963. The van der Waals surface area contributed by atoms with Crippen molar-refractivity contribution in [3.8, 4) is 0 Å². The molecule has 16 heavy (non-hydrogen) atoms. The number of piperidine rings is 1. The molecule has 0 bridgehead atoms. The van der Waals surface area contributed by atoms with E-state index < -0.39 is 0 Å². The highest BCUT2D eigenvalue weighted by molar-refractivity contribution is 5.85. The van der Waals surface area contributed by atoms with Gasteiger partial charge in [0.25, 0.3) is 0 Å². The summed E-state index contributed by atoms with van der Waals surface area (Å²) in [5.74, 6) is 1.93. The zero-order valence-corrected chi connectivity index (χ0v) is 10.8. The van der Waals surface area contributed by atoms with E-state index in [1.54, 1.807) is 0 Å². The number of hydrogen-bond donors (Lipinski definition) is 1. The molecule has 1 heterocycles. The van der Waals surface area contributed by atoms with E-state index >= 15 is 0 Å². The van der Waals surface area contributed by atoms with Crippen LogP contribution in [0.5, 0.6) is 0 Å². The summed E-state index contributed by atoms with van der Waals surface area (Å²) in [5.41, 5.74) is 1.74. The molecule has 3 unspecified atom stereocenters. The number of hydrogen-bond acceptors (Lipinski definition) is 1. The van der Waals surface area contributed by atoms with Gasteiger partial charge in [-0.25, -0.2) is 0 Å². The monoisotopic (exact) mass is 237 g/mol. The third-order valence-electron chi connectivity index (χ3n) is 4.30. The van der Waals surface area contributed by atoms with E-state index in [1.165, 1.54) is 18.5 Å². The highest BCUT2D eigenvalue weighted by atomic mass is 35.5. The molecule has 2 fully saturated rings. The van der Waals surface area contributed by atoms with Crippen molar-refractivity contribution in [1.29, 1.82) is 0 Å². The minimum Gasteiger partial charge on any atom is -0.313 e. The molecule has 1 aromatic rings. The van der Waals surface area contributed by atoms with Gasteiger partial charge in [-0.1, -0.05) is 44.2 Å². The third-order valence-corrected chi connectivity index (χ3v) is 4.30. The second kappa shape index (κ2) is 4.05. The fourth-order valence-electron chi connectivity index (χ4n) is 3.18. The van der Waals surface area contributed by atoms with Crippen molar-refractivity contribution >= 4 is 12.4 Å². The van der Waals surface area contributed by atoms with Crippen LogP contribution in [-0.4, -0.2) is 12.6 Å². The van der Waals surface area contributed by atoms with Crippen LogP contribution in [0.4, 0.5) is 0 Å². The van der Waals surface area contributed by atoms with E-state index in [0.717, 1.165) is 11.8 Å². The van der Waals surface area contributed by atoms with Crippen LogP contribution in [0.1, 0.15) is 25.8 Å². The van der Waals surface area contributed by atoms with Gasteiger partial charge >= 0.3 is 0 Å². The van der Waals surface area contributed by atoms with E-state index in [-0.39, 0.29) is 17.8 Å². The van der Waals surface area contributed by atoms with Gasteiger partial charge in [-0.05, 0) is 30.4 Å². The average molecular weight is 238 g/mol. The summed E-state index contributed by atoms with van der Waals surface area (Å²) in [5, 5.41) is 3.69. The molecule has 0 spiro atoms. The highest BCUT2D eigenvalue weighted by Gasteiger charge is 2.53. The number of rotatable bonds is 2. The molecule has 0 radical (unpaired) electrons. The maximum Gasteiger partial charge on any atom is 0.0190 e. The Kier molecular flexibility index (Phi) is 3.02. The largest absolute Gasteiger partial charge is 0.313 e. The first-order valence-electron chi connectivity index (χ1n) is 5.98. The van der Waals surface area contributed by atoms with Crippen molar-refractivity contribution in [2.45, 2.75) is 31.7 Å². The molecule has 1 aliphatic heterocycles. The lowest BCUT2D eigenvalue weighted by molar-refractivity contribution is 0.343. The topological polar surface area (TPSA) is 12.0 Å². The number of fused-ring (bicyclic) bond motifs is 1. The standard InChI is InChI=1S/C14H19N.ClH/c1-14(2,11-6-4-3-5-7-11)13-12-8-10(12)9-15-13;/h3-7,10,12-13,15H,8-9H2,1-2H3;1H. The molecule has 3 atom stereocenters. The zero-order chi connectivity index (χ0) is 10.5. The molecule has 1 N–H and O–H groups in total. The quantitative estimate of drug-likeness (QED) is 0.834. The Morgan fingerprint density at radius 1 is 1.19 bits per heavy atom. The lowest BCUT2D eigenvalue weighted by Crippen LogP contribution is -2.43. The molecule has 1 saturated heterocycles. The van der Waals surface area contributed by atoms with Gasteiger partial charge in [0.05, 0.1) is 0 Å². The Bertz CT molecular complexity index is 360. The predicted octanol–water partition coefficient (Wildman–Crippen LogP) is 2.99. The smallest absolute Gasteiger partial charge is 0.0190 e. The van der Waals surface area contributed by atoms with Gasteiger partial charge in [0.15, 0.2) is 0 Å². The first-order chi connectivity index (χ1) is 7.19. The summed E-state index contributed by atoms with van der Waals surface area (Å²) in [6, 6.07) is 11.6. The average Bonchev–Trinajstić information content (AvgIpc) is 2.90. The van der Waals surface area contributed by atoms with Crippen LogP contribution in [0.3, 0.4) is 0 Å². The number of benzene rings is 1. The summed E-state index contributed by atoms with van der Waals surface area (Å²) >= 11 is 0. The van der Waals surface area contributed by atoms with E-state index in [1.807, 2.05) is 0 Å². The van der Waals surface area contributed by atoms with E-state index in [4.69, 9.17) is 0 Å². The van der Waals surface area contributed by atoms with Crippen molar-refractivity contribution in [3.63, 3.8) is 0 Å². The van der Waals surface area contributed by atoms with Crippen molar-refractivity contribution in [2.75, 3.05) is 6.54 Å². The van der Waals surface area contributed by atoms with Crippen LogP contribution in [0, 0.1) is 11.8 Å². The van der Waals surface area contributed by atoms with Gasteiger partial charge < -0.3 is 5.32 Å². The summed E-state index contributed by atoms with van der Waals surface area (Å²) < 4.78 is 0. The van der Waals surface area contributed by atoms with Crippen molar-refractivity contribution in [3.05, 3.63) is 35.9 Å². The lowest BCUT2D eigenvalue weighted by atomic mass is 9.76. The van der Waals surface area contributed by atoms with Crippen LogP contribution in [0.15, 0.2) is 30.3 Å². The van der Waals surface area contributed by atoms with Gasteiger partial charge in [-0.3, -0.25) is 0 Å². The van der Waals surface area contributed by atoms with Crippen molar-refractivity contribution in [1.82, 2.24) is 5.32 Å². The van der Waals surface area contributed by atoms with Gasteiger partial charge in [-0.15, -0.1) is 12.4 Å². The normalized spacial score (nSPS) is 31.8. The Labute approximate surface area is 104 Å². The second-order valence-corrected chi connectivity index (χ2v) is 5.63. The Morgan fingerprint density at radius 2 is 1.88 bits per heavy atom. The van der Waals surface area contributed by atoms with E-state index in [0.29, 0.717) is 6.04 Å². The summed E-state index contributed by atoms with van der Waals surface area (Å²) in [6.45, 7) is 5.99. The maximum atomic E-state index is 3.69. The van der Waals surface area contributed by atoms with Crippen molar-refractivity contribution in [2.24, 2.45) is 11.8 Å². The summed E-state index contributed by atoms with van der Waals surface area (Å²) in [6.07, 6.45) is 1.45. The summed E-state index contributed by atoms with van der Waals surface area (Å²) in [4.78, 5) is 0. The molecular formula is C14H20ClN. The molecule has 0 aromatic heterocycles. The molecule has 88 valence electrons.